The van der Waals surface area contributed by atoms with Crippen LogP contribution in [0.15, 0.2) is 28.0 Å². The Hall–Kier alpha value is -2.64. The molecule has 112 valence electrons. The average molecular weight is 293 g/mol. The summed E-state index contributed by atoms with van der Waals surface area (Å²) in [5.74, 6) is 0.119. The van der Waals surface area contributed by atoms with E-state index in [1.165, 1.54) is 12.1 Å². The molecule has 0 radical (unpaired) electrons. The van der Waals surface area contributed by atoms with E-state index in [4.69, 9.17) is 5.21 Å². The number of rotatable bonds is 5. The first-order valence-electron chi connectivity index (χ1n) is 6.47. The van der Waals surface area contributed by atoms with Crippen LogP contribution in [0.1, 0.15) is 24.6 Å². The van der Waals surface area contributed by atoms with Gasteiger partial charge in [-0.25, -0.2) is 9.02 Å². The van der Waals surface area contributed by atoms with Crippen LogP contribution in [0.3, 0.4) is 0 Å². The maximum absolute atomic E-state index is 13.2. The average Bonchev–Trinajstić information content (AvgIpc) is 2.94. The van der Waals surface area contributed by atoms with Crippen molar-refractivity contribution >= 4 is 17.3 Å². The molecule has 7 nitrogen and oxygen atoms in total. The van der Waals surface area contributed by atoms with Gasteiger partial charge in [0.25, 0.3) is 0 Å². The van der Waals surface area contributed by atoms with E-state index in [1.54, 1.807) is 13.0 Å². The summed E-state index contributed by atoms with van der Waals surface area (Å²) in [6.45, 7) is 4.32. The fourth-order valence-electron chi connectivity index (χ4n) is 1.69. The molecule has 1 heterocycles. The van der Waals surface area contributed by atoms with Crippen molar-refractivity contribution in [1.29, 1.82) is 0 Å². The lowest BCUT2D eigenvalue weighted by Gasteiger charge is -2.08. The number of aryl methyl sites for hydroxylation is 1. The smallest absolute Gasteiger partial charge is 0.203 e. The zero-order valence-electron chi connectivity index (χ0n) is 11.7. The van der Waals surface area contributed by atoms with Gasteiger partial charge in [0.05, 0.1) is 0 Å². The molecule has 0 spiro atoms. The molecule has 21 heavy (non-hydrogen) atoms. The third-order valence-electron chi connectivity index (χ3n) is 2.78. The molecule has 0 atom stereocenters. The van der Waals surface area contributed by atoms with Gasteiger partial charge >= 0.3 is 0 Å². The summed E-state index contributed by atoms with van der Waals surface area (Å²) < 4.78 is 17.9. The minimum absolute atomic E-state index is 0.0564. The molecule has 0 fully saturated rings. The SMILES string of the molecule is CCCNc1nonc1/C(=N/O)Nc1ccc(F)c(C)c1. The Labute approximate surface area is 120 Å². The number of nitrogens with one attached hydrogen (secondary N) is 2. The molecule has 0 aliphatic rings. The second-order valence-corrected chi connectivity index (χ2v) is 4.43. The Kier molecular flexibility index (Phi) is 4.70. The lowest BCUT2D eigenvalue weighted by molar-refractivity contribution is 0.305. The maximum Gasteiger partial charge on any atom is 0.203 e. The minimum Gasteiger partial charge on any atom is -0.409 e. The normalized spacial score (nSPS) is 11.5. The van der Waals surface area contributed by atoms with Crippen LogP contribution in [0.2, 0.25) is 0 Å². The van der Waals surface area contributed by atoms with Gasteiger partial charge in [0.2, 0.25) is 11.7 Å². The molecule has 0 bridgehead atoms. The molecule has 2 aromatic rings. The molecule has 0 aliphatic heterocycles. The van der Waals surface area contributed by atoms with E-state index in [0.29, 0.717) is 23.6 Å². The fraction of sp³-hybridized carbons (Fsp3) is 0.308. The Morgan fingerprint density at radius 3 is 2.90 bits per heavy atom. The van der Waals surface area contributed by atoms with Gasteiger partial charge < -0.3 is 15.8 Å². The third-order valence-corrected chi connectivity index (χ3v) is 2.78. The van der Waals surface area contributed by atoms with Crippen molar-refractivity contribution < 1.29 is 14.2 Å². The van der Waals surface area contributed by atoms with Crippen molar-refractivity contribution in [2.75, 3.05) is 17.2 Å². The molecule has 1 aromatic carbocycles. The Balaban J connectivity index is 2.20. The second kappa shape index (κ2) is 6.69. The zero-order valence-corrected chi connectivity index (χ0v) is 11.7. The summed E-state index contributed by atoms with van der Waals surface area (Å²) in [6, 6.07) is 4.44. The Bertz CT molecular complexity index is 641. The van der Waals surface area contributed by atoms with Crippen LogP contribution >= 0.6 is 0 Å². The van der Waals surface area contributed by atoms with Gasteiger partial charge in [-0.1, -0.05) is 12.1 Å². The van der Waals surface area contributed by atoms with Crippen LogP contribution in [0.5, 0.6) is 0 Å². The van der Waals surface area contributed by atoms with Gasteiger partial charge in [0.1, 0.15) is 5.82 Å². The largest absolute Gasteiger partial charge is 0.409 e. The number of hydrogen-bond acceptors (Lipinski definition) is 6. The van der Waals surface area contributed by atoms with Gasteiger partial charge in [-0.2, -0.15) is 0 Å². The van der Waals surface area contributed by atoms with E-state index in [1.807, 2.05) is 6.92 Å². The summed E-state index contributed by atoms with van der Waals surface area (Å²) in [4.78, 5) is 0. The monoisotopic (exact) mass is 293 g/mol. The highest BCUT2D eigenvalue weighted by atomic mass is 19.1. The molecule has 2 rings (SSSR count). The number of oxime groups is 1. The van der Waals surface area contributed by atoms with Gasteiger partial charge in [-0.15, -0.1) is 0 Å². The van der Waals surface area contributed by atoms with E-state index in [9.17, 15) is 4.39 Å². The summed E-state index contributed by atoms with van der Waals surface area (Å²) in [6.07, 6.45) is 0.891. The van der Waals surface area contributed by atoms with E-state index in [-0.39, 0.29) is 17.3 Å². The topological polar surface area (TPSA) is 95.6 Å². The quantitative estimate of drug-likeness (QED) is 0.339. The zero-order chi connectivity index (χ0) is 15.2. The Morgan fingerprint density at radius 1 is 1.43 bits per heavy atom. The first kappa shape index (κ1) is 14.8. The number of nitrogens with zero attached hydrogens (tertiary/aromatic N) is 3. The summed E-state index contributed by atoms with van der Waals surface area (Å²) >= 11 is 0. The fourth-order valence-corrected chi connectivity index (χ4v) is 1.69. The van der Waals surface area contributed by atoms with Crippen molar-refractivity contribution in [3.05, 3.63) is 35.3 Å². The highest BCUT2D eigenvalue weighted by molar-refractivity contribution is 6.09. The van der Waals surface area contributed by atoms with Crippen LogP contribution in [0.25, 0.3) is 0 Å². The van der Waals surface area contributed by atoms with Crippen LogP contribution in [-0.4, -0.2) is 27.9 Å². The molecule has 0 unspecified atom stereocenters. The lowest BCUT2D eigenvalue weighted by atomic mass is 10.2. The predicted molar refractivity (Wildman–Crippen MR) is 76.2 cm³/mol. The maximum atomic E-state index is 13.2. The van der Waals surface area contributed by atoms with E-state index in [2.05, 4.69) is 30.7 Å². The predicted octanol–water partition coefficient (Wildman–Crippen LogP) is 2.59. The lowest BCUT2D eigenvalue weighted by Crippen LogP contribution is -2.17. The van der Waals surface area contributed by atoms with Gasteiger partial charge in [-0.05, 0) is 47.4 Å². The summed E-state index contributed by atoms with van der Waals surface area (Å²) in [7, 11) is 0. The van der Waals surface area contributed by atoms with Crippen LogP contribution in [-0.2, 0) is 0 Å². The van der Waals surface area contributed by atoms with Crippen molar-refractivity contribution in [2.24, 2.45) is 5.16 Å². The number of aromatic nitrogens is 2. The molecular weight excluding hydrogens is 277 g/mol. The summed E-state index contributed by atoms with van der Waals surface area (Å²) in [5.41, 5.74) is 1.28. The third kappa shape index (κ3) is 3.47. The standard InChI is InChI=1S/C13H16FN5O2/c1-3-6-15-12-11(18-21-19-12)13(17-20)16-9-4-5-10(14)8(2)7-9/h4-5,7,20H,3,6H2,1-2H3,(H,15,19)(H,16,17). The van der Waals surface area contributed by atoms with Crippen molar-refractivity contribution in [3.8, 4) is 0 Å². The molecule has 3 N–H and O–H groups in total. The molecule has 1 aromatic heterocycles. The number of amidine groups is 1. The van der Waals surface area contributed by atoms with Crippen LogP contribution < -0.4 is 10.6 Å². The van der Waals surface area contributed by atoms with E-state index in [0.717, 1.165) is 6.42 Å². The number of benzene rings is 1. The number of anilines is 2. The molecule has 0 saturated carbocycles. The van der Waals surface area contributed by atoms with E-state index < -0.39 is 0 Å². The minimum atomic E-state index is -0.309. The first-order chi connectivity index (χ1) is 10.2. The Morgan fingerprint density at radius 2 is 2.24 bits per heavy atom. The van der Waals surface area contributed by atoms with Gasteiger partial charge in [-0.3, -0.25) is 0 Å². The van der Waals surface area contributed by atoms with Crippen LogP contribution in [0.4, 0.5) is 15.9 Å². The molecular formula is C13H16FN5O2. The number of halogens is 1. The number of hydrogen-bond donors (Lipinski definition) is 3. The van der Waals surface area contributed by atoms with Gasteiger partial charge in [0, 0.05) is 12.2 Å². The second-order valence-electron chi connectivity index (χ2n) is 4.43. The molecule has 8 heteroatoms. The molecule has 0 amide bonds. The highest BCUT2D eigenvalue weighted by Gasteiger charge is 2.17. The van der Waals surface area contributed by atoms with E-state index >= 15 is 0 Å². The van der Waals surface area contributed by atoms with Crippen LogP contribution in [0, 0.1) is 12.7 Å². The first-order valence-corrected chi connectivity index (χ1v) is 6.47. The molecule has 0 saturated heterocycles. The molecule has 0 aliphatic carbocycles. The van der Waals surface area contributed by atoms with Gasteiger partial charge in [0.15, 0.2) is 5.69 Å². The van der Waals surface area contributed by atoms with Crippen molar-refractivity contribution in [3.63, 3.8) is 0 Å². The van der Waals surface area contributed by atoms with Crippen molar-refractivity contribution in [1.82, 2.24) is 10.3 Å². The highest BCUT2D eigenvalue weighted by Crippen LogP contribution is 2.17. The van der Waals surface area contributed by atoms with Crippen molar-refractivity contribution in [2.45, 2.75) is 20.3 Å². The summed E-state index contributed by atoms with van der Waals surface area (Å²) in [5, 5.41) is 25.6.